The molecule has 0 fully saturated rings. The van der Waals surface area contributed by atoms with Gasteiger partial charge in [0.15, 0.2) is 0 Å². The van der Waals surface area contributed by atoms with Crippen LogP contribution in [0.5, 0.6) is 0 Å². The summed E-state index contributed by atoms with van der Waals surface area (Å²) in [7, 11) is 0. The number of rotatable bonds is 3. The summed E-state index contributed by atoms with van der Waals surface area (Å²) in [6, 6.07) is 13.9. The van der Waals surface area contributed by atoms with E-state index in [4.69, 9.17) is 23.2 Å². The van der Waals surface area contributed by atoms with Crippen LogP contribution in [0.2, 0.25) is 5.02 Å². The van der Waals surface area contributed by atoms with Crippen molar-refractivity contribution in [3.8, 4) is 0 Å². The Labute approximate surface area is 135 Å². The van der Waals surface area contributed by atoms with Gasteiger partial charge in [-0.15, -0.1) is 11.6 Å². The molecule has 3 aromatic rings. The minimum Gasteiger partial charge on any atom is -0.322 e. The smallest absolute Gasteiger partial charge is 0.125 e. The van der Waals surface area contributed by atoms with Crippen LogP contribution in [0.15, 0.2) is 46.9 Å². The summed E-state index contributed by atoms with van der Waals surface area (Å²) in [5.41, 5.74) is 3.05. The highest BCUT2D eigenvalue weighted by atomic mass is 79.9. The summed E-state index contributed by atoms with van der Waals surface area (Å²) < 4.78 is 3.12. The number of halogens is 3. The average Bonchev–Trinajstić information content (AvgIpc) is 2.78. The zero-order valence-electron chi connectivity index (χ0n) is 10.5. The molecular formula is C15H11BrCl2N2. The minimum absolute atomic E-state index is 0.372. The topological polar surface area (TPSA) is 17.8 Å². The first-order valence-electron chi connectivity index (χ1n) is 6.13. The average molecular weight is 370 g/mol. The molecule has 102 valence electrons. The molecule has 0 aliphatic carbocycles. The first-order chi connectivity index (χ1) is 9.69. The molecule has 1 aromatic heterocycles. The largest absolute Gasteiger partial charge is 0.322 e. The molecule has 0 aliphatic heterocycles. The maximum absolute atomic E-state index is 6.24. The normalized spacial score (nSPS) is 11.2. The molecule has 0 amide bonds. The second kappa shape index (κ2) is 5.76. The summed E-state index contributed by atoms with van der Waals surface area (Å²) in [5.74, 6) is 1.22. The first kappa shape index (κ1) is 13.9. The van der Waals surface area contributed by atoms with Gasteiger partial charge >= 0.3 is 0 Å². The highest BCUT2D eigenvalue weighted by Crippen LogP contribution is 2.24. The molecule has 0 atom stereocenters. The Morgan fingerprint density at radius 1 is 1.15 bits per heavy atom. The van der Waals surface area contributed by atoms with Crippen LogP contribution in [0.4, 0.5) is 0 Å². The highest BCUT2D eigenvalue weighted by molar-refractivity contribution is 9.10. The van der Waals surface area contributed by atoms with E-state index in [-0.39, 0.29) is 0 Å². The second-order valence-corrected chi connectivity index (χ2v) is 6.06. The molecule has 0 saturated heterocycles. The van der Waals surface area contributed by atoms with Gasteiger partial charge < -0.3 is 4.57 Å². The van der Waals surface area contributed by atoms with E-state index in [0.717, 1.165) is 31.9 Å². The van der Waals surface area contributed by atoms with Gasteiger partial charge in [0.25, 0.3) is 0 Å². The van der Waals surface area contributed by atoms with Gasteiger partial charge in [0.1, 0.15) is 5.82 Å². The van der Waals surface area contributed by atoms with Crippen molar-refractivity contribution >= 4 is 50.2 Å². The van der Waals surface area contributed by atoms with Crippen LogP contribution in [0.25, 0.3) is 11.0 Å². The van der Waals surface area contributed by atoms with E-state index in [1.165, 1.54) is 0 Å². The van der Waals surface area contributed by atoms with Crippen molar-refractivity contribution in [2.45, 2.75) is 12.4 Å². The van der Waals surface area contributed by atoms with Crippen LogP contribution < -0.4 is 0 Å². The minimum atomic E-state index is 0.372. The zero-order chi connectivity index (χ0) is 14.1. The summed E-state index contributed by atoms with van der Waals surface area (Å²) in [6.07, 6.45) is 0. The maximum Gasteiger partial charge on any atom is 0.125 e. The lowest BCUT2D eigenvalue weighted by molar-refractivity contribution is 0.779. The van der Waals surface area contributed by atoms with Gasteiger partial charge in [-0.05, 0) is 29.8 Å². The van der Waals surface area contributed by atoms with Crippen LogP contribution in [0, 0.1) is 0 Å². The number of nitrogens with zero attached hydrogens (tertiary/aromatic N) is 2. The van der Waals surface area contributed by atoms with Crippen LogP contribution in [-0.2, 0) is 12.4 Å². The third kappa shape index (κ3) is 2.58. The van der Waals surface area contributed by atoms with E-state index >= 15 is 0 Å². The molecule has 0 N–H and O–H groups in total. The maximum atomic E-state index is 6.24. The Morgan fingerprint density at radius 2 is 1.95 bits per heavy atom. The second-order valence-electron chi connectivity index (χ2n) is 4.47. The number of fused-ring (bicyclic) bond motifs is 1. The van der Waals surface area contributed by atoms with Crippen molar-refractivity contribution < 1.29 is 0 Å². The molecule has 0 unspecified atom stereocenters. The number of hydrogen-bond donors (Lipinski definition) is 0. The zero-order valence-corrected chi connectivity index (χ0v) is 13.6. The molecule has 0 saturated carbocycles. The molecule has 5 heteroatoms. The monoisotopic (exact) mass is 368 g/mol. The number of benzene rings is 2. The van der Waals surface area contributed by atoms with Crippen molar-refractivity contribution in [2.24, 2.45) is 0 Å². The highest BCUT2D eigenvalue weighted by Gasteiger charge is 2.11. The van der Waals surface area contributed by atoms with Gasteiger partial charge in [0.2, 0.25) is 0 Å². The van der Waals surface area contributed by atoms with Crippen molar-refractivity contribution in [2.75, 3.05) is 0 Å². The van der Waals surface area contributed by atoms with Gasteiger partial charge in [-0.3, -0.25) is 0 Å². The molecule has 0 radical (unpaired) electrons. The quantitative estimate of drug-likeness (QED) is 0.577. The summed E-state index contributed by atoms with van der Waals surface area (Å²) in [4.78, 5) is 4.58. The Bertz CT molecular complexity index is 768. The molecule has 2 nitrogen and oxygen atoms in total. The summed E-state index contributed by atoms with van der Waals surface area (Å²) in [6.45, 7) is 0.667. The Balaban J connectivity index is 2.12. The van der Waals surface area contributed by atoms with Gasteiger partial charge in [0.05, 0.1) is 23.5 Å². The van der Waals surface area contributed by atoms with E-state index in [0.29, 0.717) is 12.4 Å². The van der Waals surface area contributed by atoms with Crippen molar-refractivity contribution in [3.63, 3.8) is 0 Å². The van der Waals surface area contributed by atoms with E-state index in [1.807, 2.05) is 42.5 Å². The predicted molar refractivity (Wildman–Crippen MR) is 87.5 cm³/mol. The summed E-state index contributed by atoms with van der Waals surface area (Å²) >= 11 is 15.7. The molecule has 0 aliphatic rings. The fourth-order valence-electron chi connectivity index (χ4n) is 2.23. The number of imidazole rings is 1. The van der Waals surface area contributed by atoms with Gasteiger partial charge in [-0.25, -0.2) is 4.98 Å². The van der Waals surface area contributed by atoms with E-state index in [1.54, 1.807) is 0 Å². The third-order valence-electron chi connectivity index (χ3n) is 3.20. The molecule has 0 spiro atoms. The number of alkyl halides is 1. The van der Waals surface area contributed by atoms with Gasteiger partial charge in [0, 0.05) is 9.50 Å². The van der Waals surface area contributed by atoms with E-state index in [9.17, 15) is 0 Å². The molecule has 3 rings (SSSR count). The Morgan fingerprint density at radius 3 is 2.70 bits per heavy atom. The molecule has 2 aromatic carbocycles. The molecule has 20 heavy (non-hydrogen) atoms. The lowest BCUT2D eigenvalue weighted by Crippen LogP contribution is -2.04. The summed E-state index contributed by atoms with van der Waals surface area (Å²) in [5, 5.41) is 0.756. The van der Waals surface area contributed by atoms with E-state index < -0.39 is 0 Å². The number of aromatic nitrogens is 2. The predicted octanol–water partition coefficient (Wildman–Crippen LogP) is 5.24. The van der Waals surface area contributed by atoms with E-state index in [2.05, 4.69) is 25.5 Å². The van der Waals surface area contributed by atoms with Crippen molar-refractivity contribution in [3.05, 3.63) is 63.3 Å². The van der Waals surface area contributed by atoms with Gasteiger partial charge in [-0.2, -0.15) is 0 Å². The molecule has 0 bridgehead atoms. The lowest BCUT2D eigenvalue weighted by atomic mass is 10.2. The van der Waals surface area contributed by atoms with Crippen molar-refractivity contribution in [1.82, 2.24) is 9.55 Å². The third-order valence-corrected chi connectivity index (χ3v) is 4.30. The van der Waals surface area contributed by atoms with Crippen LogP contribution in [0.3, 0.4) is 0 Å². The molecule has 1 heterocycles. The van der Waals surface area contributed by atoms with Crippen LogP contribution in [0.1, 0.15) is 11.4 Å². The van der Waals surface area contributed by atoms with Crippen LogP contribution >= 0.6 is 39.1 Å². The SMILES string of the molecule is ClCc1nc2cc(Br)ccc2n1Cc1ccccc1Cl. The lowest BCUT2D eigenvalue weighted by Gasteiger charge is -2.09. The first-order valence-corrected chi connectivity index (χ1v) is 7.83. The van der Waals surface area contributed by atoms with Gasteiger partial charge in [-0.1, -0.05) is 45.7 Å². The fraction of sp³-hybridized carbons (Fsp3) is 0.133. The van der Waals surface area contributed by atoms with Crippen molar-refractivity contribution in [1.29, 1.82) is 0 Å². The van der Waals surface area contributed by atoms with Crippen LogP contribution in [-0.4, -0.2) is 9.55 Å². The Kier molecular flexibility index (Phi) is 4.01. The molecular weight excluding hydrogens is 359 g/mol. The standard InChI is InChI=1S/C15H11BrCl2N2/c16-11-5-6-14-13(7-11)19-15(8-17)20(14)9-10-3-1-2-4-12(10)18/h1-7H,8-9H2. The fourth-order valence-corrected chi connectivity index (χ4v) is 2.98. The number of hydrogen-bond acceptors (Lipinski definition) is 1. The Hall–Kier alpha value is -1.03.